The lowest BCUT2D eigenvalue weighted by atomic mass is 9.93. The average Bonchev–Trinajstić information content (AvgIpc) is 2.88. The molecule has 2 rings (SSSR count). The van der Waals surface area contributed by atoms with E-state index in [9.17, 15) is 19.2 Å². The predicted octanol–water partition coefficient (Wildman–Crippen LogP) is -2.47. The molecular formula is C17H24N2O9. The molecule has 0 aliphatic carbocycles. The van der Waals surface area contributed by atoms with E-state index >= 15 is 0 Å². The van der Waals surface area contributed by atoms with Crippen LogP contribution >= 0.6 is 0 Å². The number of imide groups is 3. The summed E-state index contributed by atoms with van der Waals surface area (Å²) in [4.78, 5) is 46.6. The number of ether oxygens (including phenoxy) is 1. The molecule has 11 nitrogen and oxygen atoms in total. The number of nitrogens with one attached hydrogen (secondary N) is 1. The lowest BCUT2D eigenvalue weighted by molar-refractivity contribution is -0.150. The quantitative estimate of drug-likeness (QED) is 0.341. The number of Topliss-reactive ketones (excluding diaryl/α,β-unsaturated/α-hetero) is 1. The number of allylic oxidation sites excluding steroid dienone is 1. The summed E-state index contributed by atoms with van der Waals surface area (Å²) >= 11 is 0. The van der Waals surface area contributed by atoms with Crippen LogP contribution in [0.2, 0.25) is 0 Å². The minimum absolute atomic E-state index is 0.0791. The van der Waals surface area contributed by atoms with Crippen LogP contribution in [0, 0.1) is 5.92 Å². The summed E-state index contributed by atoms with van der Waals surface area (Å²) in [5, 5.41) is 37.6. The van der Waals surface area contributed by atoms with E-state index in [1.54, 1.807) is 0 Å². The lowest BCUT2D eigenvalue weighted by Crippen LogP contribution is -2.42. The lowest BCUT2D eigenvalue weighted by Gasteiger charge is -2.22. The Hall–Kier alpha value is -2.44. The molecule has 2 aliphatic rings. The van der Waals surface area contributed by atoms with Crippen molar-refractivity contribution in [2.24, 2.45) is 5.92 Å². The second-order valence-corrected chi connectivity index (χ2v) is 6.12. The van der Waals surface area contributed by atoms with E-state index in [1.807, 2.05) is 0 Å². The topological polar surface area (TPSA) is 174 Å². The van der Waals surface area contributed by atoms with Crippen molar-refractivity contribution >= 4 is 23.5 Å². The number of dihydropyridines is 1. The van der Waals surface area contributed by atoms with Gasteiger partial charge in [0.25, 0.3) is 5.91 Å². The second-order valence-electron chi connectivity index (χ2n) is 6.12. The Balaban J connectivity index is 0.000000330. The Morgan fingerprint density at radius 3 is 2.00 bits per heavy atom. The monoisotopic (exact) mass is 400 g/mol. The highest BCUT2D eigenvalue weighted by Crippen LogP contribution is 2.20. The molecule has 5 atom stereocenters. The molecule has 0 aromatic heterocycles. The second kappa shape index (κ2) is 10.2. The van der Waals surface area contributed by atoms with E-state index < -0.39 is 54.8 Å². The number of amides is 3. The third kappa shape index (κ3) is 5.53. The molecule has 1 fully saturated rings. The molecule has 1 saturated heterocycles. The summed E-state index contributed by atoms with van der Waals surface area (Å²) in [7, 11) is 0. The molecule has 156 valence electrons. The van der Waals surface area contributed by atoms with Gasteiger partial charge < -0.3 is 30.5 Å². The van der Waals surface area contributed by atoms with Crippen LogP contribution in [0.5, 0.6) is 0 Å². The molecule has 0 aromatic carbocycles. The Labute approximate surface area is 160 Å². The molecule has 0 spiro atoms. The number of ketones is 1. The van der Waals surface area contributed by atoms with Crippen molar-refractivity contribution in [3.8, 4) is 0 Å². The number of carbonyl (C=O) groups excluding carboxylic acids is 4. The Morgan fingerprint density at radius 2 is 1.64 bits per heavy atom. The van der Waals surface area contributed by atoms with Crippen molar-refractivity contribution in [2.45, 2.75) is 45.4 Å². The van der Waals surface area contributed by atoms with Crippen LogP contribution in [-0.2, 0) is 23.9 Å². The van der Waals surface area contributed by atoms with Crippen LogP contribution in [0.1, 0.15) is 20.8 Å². The highest BCUT2D eigenvalue weighted by atomic mass is 16.6. The minimum Gasteiger partial charge on any atom is -0.394 e. The number of hydrogen-bond donors (Lipinski definition) is 5. The van der Waals surface area contributed by atoms with Gasteiger partial charge in [-0.3, -0.25) is 19.2 Å². The molecule has 11 heteroatoms. The van der Waals surface area contributed by atoms with E-state index in [2.05, 4.69) is 10.1 Å². The van der Waals surface area contributed by atoms with Gasteiger partial charge in [0, 0.05) is 25.6 Å². The summed E-state index contributed by atoms with van der Waals surface area (Å²) < 4.78 is 4.54. The van der Waals surface area contributed by atoms with Gasteiger partial charge in [-0.05, 0) is 13.1 Å². The number of aliphatic hydroxyl groups excluding tert-OH is 4. The van der Waals surface area contributed by atoms with Crippen molar-refractivity contribution in [1.82, 2.24) is 10.2 Å². The first-order chi connectivity index (χ1) is 13.0. The zero-order valence-electron chi connectivity index (χ0n) is 15.6. The van der Waals surface area contributed by atoms with Gasteiger partial charge in [-0.25, -0.2) is 4.90 Å². The largest absolute Gasteiger partial charge is 0.394 e. The van der Waals surface area contributed by atoms with E-state index in [4.69, 9.17) is 20.4 Å². The minimum atomic E-state index is -1.38. The summed E-state index contributed by atoms with van der Waals surface area (Å²) in [6.07, 6.45) is -0.398. The zero-order chi connectivity index (χ0) is 21.6. The summed E-state index contributed by atoms with van der Waals surface area (Å²) in [6.45, 7) is 3.17. The fourth-order valence-electron chi connectivity index (χ4n) is 2.55. The van der Waals surface area contributed by atoms with Gasteiger partial charge in [0.1, 0.15) is 24.1 Å². The normalized spacial score (nSPS) is 28.4. The van der Waals surface area contributed by atoms with Gasteiger partial charge >= 0.3 is 0 Å². The van der Waals surface area contributed by atoms with Gasteiger partial charge in [-0.1, -0.05) is 6.08 Å². The zero-order valence-corrected chi connectivity index (χ0v) is 15.6. The Bertz CT molecular complexity index is 674. The third-order valence-corrected chi connectivity index (χ3v) is 3.99. The Kier molecular flexibility index (Phi) is 8.60. The number of nitrogens with zero attached hydrogens (tertiary/aromatic N) is 1. The maximum atomic E-state index is 12.1. The van der Waals surface area contributed by atoms with Gasteiger partial charge in [0.05, 0.1) is 12.5 Å². The molecule has 28 heavy (non-hydrogen) atoms. The molecule has 3 amide bonds. The van der Waals surface area contributed by atoms with E-state index in [0.717, 1.165) is 13.8 Å². The maximum absolute atomic E-state index is 12.1. The molecule has 2 unspecified atom stereocenters. The van der Waals surface area contributed by atoms with Crippen LogP contribution < -0.4 is 5.32 Å². The summed E-state index contributed by atoms with van der Waals surface area (Å²) in [5.41, 5.74) is 0.0791. The molecule has 2 heterocycles. The van der Waals surface area contributed by atoms with Crippen LogP contribution in [0.4, 0.5) is 0 Å². The fraction of sp³-hybridized carbons (Fsp3) is 0.529. The van der Waals surface area contributed by atoms with E-state index in [0.29, 0.717) is 4.90 Å². The van der Waals surface area contributed by atoms with Gasteiger partial charge in [0.15, 0.2) is 6.29 Å². The van der Waals surface area contributed by atoms with Crippen LogP contribution in [0.15, 0.2) is 24.0 Å². The maximum Gasteiger partial charge on any atom is 0.265 e. The first-order valence-corrected chi connectivity index (χ1v) is 8.32. The van der Waals surface area contributed by atoms with E-state index in [1.165, 1.54) is 25.4 Å². The highest BCUT2D eigenvalue weighted by Gasteiger charge is 2.41. The highest BCUT2D eigenvalue weighted by molar-refractivity contribution is 6.16. The molecular weight excluding hydrogens is 376 g/mol. The first-order valence-electron chi connectivity index (χ1n) is 8.32. The third-order valence-electron chi connectivity index (χ3n) is 3.99. The number of carbonyl (C=O) groups is 4. The summed E-state index contributed by atoms with van der Waals surface area (Å²) in [6, 6.07) is 0. The smallest absolute Gasteiger partial charge is 0.265 e. The molecule has 0 bridgehead atoms. The first kappa shape index (κ1) is 23.6. The van der Waals surface area contributed by atoms with Gasteiger partial charge in [0.2, 0.25) is 11.8 Å². The SMILES string of the molecule is CC(=O)C1C=CNC=C1C(=O)N(C(C)=O)C(C)=O.OC[C@H]1OC(O)[C@H](O)[C@@H]1O. The van der Waals surface area contributed by atoms with Crippen LogP contribution in [0.3, 0.4) is 0 Å². The molecule has 0 radical (unpaired) electrons. The summed E-state index contributed by atoms with van der Waals surface area (Å²) in [5.74, 6) is -3.10. The van der Waals surface area contributed by atoms with Crippen molar-refractivity contribution in [3.63, 3.8) is 0 Å². The Morgan fingerprint density at radius 1 is 1.07 bits per heavy atom. The molecule has 0 saturated carbocycles. The fourth-order valence-corrected chi connectivity index (χ4v) is 2.55. The number of aliphatic hydroxyl groups is 4. The molecule has 5 N–H and O–H groups in total. The van der Waals surface area contributed by atoms with Crippen molar-refractivity contribution in [2.75, 3.05) is 6.61 Å². The van der Waals surface area contributed by atoms with Crippen molar-refractivity contribution in [1.29, 1.82) is 0 Å². The van der Waals surface area contributed by atoms with Crippen LogP contribution in [0.25, 0.3) is 0 Å². The van der Waals surface area contributed by atoms with E-state index in [-0.39, 0.29) is 11.4 Å². The number of hydrogen-bond acceptors (Lipinski definition) is 10. The van der Waals surface area contributed by atoms with Crippen molar-refractivity contribution < 1.29 is 44.3 Å². The number of rotatable bonds is 3. The predicted molar refractivity (Wildman–Crippen MR) is 92.7 cm³/mol. The van der Waals surface area contributed by atoms with Gasteiger partial charge in [-0.15, -0.1) is 0 Å². The van der Waals surface area contributed by atoms with Crippen molar-refractivity contribution in [3.05, 3.63) is 24.0 Å². The van der Waals surface area contributed by atoms with Gasteiger partial charge in [-0.2, -0.15) is 0 Å². The standard InChI is InChI=1S/C12H14N2O4.C5H10O5/c1-7(15)10-4-5-13-6-11(10)12(18)14(8(2)16)9(3)17;6-1-2-3(7)4(8)5(9)10-2/h4-6,10,13H,1-3H3;2-9H,1H2/t;2-,3-,4-,5?/m.1/s1. The average molecular weight is 400 g/mol. The van der Waals surface area contributed by atoms with Crippen LogP contribution in [-0.4, -0.2) is 80.0 Å². The molecule has 2 aliphatic heterocycles. The molecule has 0 aromatic rings.